The smallest absolute Gasteiger partial charge is 0.255 e. The lowest BCUT2D eigenvalue weighted by molar-refractivity contribution is -0.117. The van der Waals surface area contributed by atoms with Crippen molar-refractivity contribution in [3.63, 3.8) is 0 Å². The van der Waals surface area contributed by atoms with Crippen LogP contribution < -0.4 is 10.2 Å². The molecule has 0 spiro atoms. The van der Waals surface area contributed by atoms with Gasteiger partial charge in [0.15, 0.2) is 0 Å². The molecule has 1 N–H and O–H groups in total. The molecule has 170 valence electrons. The molecule has 2 aromatic carbocycles. The Morgan fingerprint density at radius 2 is 1.75 bits per heavy atom. The van der Waals surface area contributed by atoms with Crippen molar-refractivity contribution in [1.29, 1.82) is 0 Å². The van der Waals surface area contributed by atoms with E-state index in [1.165, 1.54) is 16.4 Å². The summed E-state index contributed by atoms with van der Waals surface area (Å²) < 4.78 is 27.5. The Bertz CT molecular complexity index is 1090. The standard InChI is InChI=1S/C24H29N3O4S/c1-26(20-8-3-2-4-9-20)32(30,31)22-14-12-19(13-15-22)25-24(29)18-7-5-10-21(17-18)27-16-6-11-23(27)28/h5,7,10,12-15,17,20H,2-4,6,8-9,11,16H2,1H3,(H,25,29). The van der Waals surface area contributed by atoms with Gasteiger partial charge in [0.05, 0.1) is 4.90 Å². The highest BCUT2D eigenvalue weighted by atomic mass is 32.2. The van der Waals surface area contributed by atoms with Gasteiger partial charge in [0, 0.05) is 43.0 Å². The molecule has 0 bridgehead atoms. The molecule has 0 radical (unpaired) electrons. The summed E-state index contributed by atoms with van der Waals surface area (Å²) in [5, 5.41) is 2.81. The minimum absolute atomic E-state index is 0.0443. The molecular formula is C24H29N3O4S. The molecule has 1 heterocycles. The van der Waals surface area contributed by atoms with Gasteiger partial charge in [-0.2, -0.15) is 4.31 Å². The third-order valence-electron chi connectivity index (χ3n) is 6.37. The maximum atomic E-state index is 13.0. The van der Waals surface area contributed by atoms with E-state index in [9.17, 15) is 18.0 Å². The fourth-order valence-electron chi connectivity index (χ4n) is 4.46. The van der Waals surface area contributed by atoms with Crippen molar-refractivity contribution in [3.8, 4) is 0 Å². The highest BCUT2D eigenvalue weighted by Crippen LogP contribution is 2.27. The van der Waals surface area contributed by atoms with Gasteiger partial charge in [0.1, 0.15) is 0 Å². The molecule has 0 aromatic heterocycles. The predicted octanol–water partition coefficient (Wildman–Crippen LogP) is 4.02. The van der Waals surface area contributed by atoms with Gasteiger partial charge in [0.25, 0.3) is 5.91 Å². The second kappa shape index (κ2) is 9.42. The molecule has 1 saturated heterocycles. The second-order valence-electron chi connectivity index (χ2n) is 8.49. The summed E-state index contributed by atoms with van der Waals surface area (Å²) in [6.45, 7) is 0.662. The van der Waals surface area contributed by atoms with Crippen molar-refractivity contribution in [1.82, 2.24) is 4.31 Å². The van der Waals surface area contributed by atoms with Gasteiger partial charge in [-0.05, 0) is 61.7 Å². The van der Waals surface area contributed by atoms with E-state index in [2.05, 4.69) is 5.32 Å². The molecule has 2 amide bonds. The first-order chi connectivity index (χ1) is 15.4. The number of benzene rings is 2. The molecule has 1 aliphatic heterocycles. The van der Waals surface area contributed by atoms with E-state index in [4.69, 9.17) is 0 Å². The van der Waals surface area contributed by atoms with Gasteiger partial charge in [-0.25, -0.2) is 8.42 Å². The molecule has 1 saturated carbocycles. The molecule has 32 heavy (non-hydrogen) atoms. The molecule has 2 aliphatic rings. The summed E-state index contributed by atoms with van der Waals surface area (Å²) in [7, 11) is -1.92. The molecule has 8 heteroatoms. The summed E-state index contributed by atoms with van der Waals surface area (Å²) in [6, 6.07) is 13.3. The van der Waals surface area contributed by atoms with Crippen molar-refractivity contribution in [2.75, 3.05) is 23.8 Å². The average molecular weight is 456 g/mol. The van der Waals surface area contributed by atoms with Crippen LogP contribution in [0.25, 0.3) is 0 Å². The van der Waals surface area contributed by atoms with Crippen LogP contribution in [-0.4, -0.2) is 44.2 Å². The van der Waals surface area contributed by atoms with E-state index in [-0.39, 0.29) is 22.8 Å². The van der Waals surface area contributed by atoms with Crippen LogP contribution in [0.15, 0.2) is 53.4 Å². The monoisotopic (exact) mass is 455 g/mol. The molecule has 0 unspecified atom stereocenters. The molecule has 7 nitrogen and oxygen atoms in total. The van der Waals surface area contributed by atoms with Crippen molar-refractivity contribution in [2.45, 2.75) is 55.9 Å². The predicted molar refractivity (Wildman–Crippen MR) is 124 cm³/mol. The zero-order chi connectivity index (χ0) is 22.7. The lowest BCUT2D eigenvalue weighted by Gasteiger charge is -2.30. The van der Waals surface area contributed by atoms with E-state index < -0.39 is 10.0 Å². The van der Waals surface area contributed by atoms with Crippen LogP contribution in [0.3, 0.4) is 0 Å². The summed E-state index contributed by atoms with van der Waals surface area (Å²) in [6.07, 6.45) is 6.42. The maximum absolute atomic E-state index is 13.0. The average Bonchev–Trinajstić information content (AvgIpc) is 3.25. The Labute approximate surface area is 189 Å². The van der Waals surface area contributed by atoms with Crippen LogP contribution in [-0.2, 0) is 14.8 Å². The summed E-state index contributed by atoms with van der Waals surface area (Å²) in [5.41, 5.74) is 1.67. The molecule has 2 fully saturated rings. The van der Waals surface area contributed by atoms with E-state index in [1.54, 1.807) is 42.3 Å². The normalized spacial score (nSPS) is 17.7. The van der Waals surface area contributed by atoms with Crippen molar-refractivity contribution >= 4 is 33.2 Å². The SMILES string of the molecule is CN(C1CCCCC1)S(=O)(=O)c1ccc(NC(=O)c2cccc(N3CCCC3=O)c2)cc1. The van der Waals surface area contributed by atoms with Crippen molar-refractivity contribution < 1.29 is 18.0 Å². The lowest BCUT2D eigenvalue weighted by atomic mass is 9.96. The van der Waals surface area contributed by atoms with E-state index in [0.717, 1.165) is 38.5 Å². The zero-order valence-electron chi connectivity index (χ0n) is 18.3. The van der Waals surface area contributed by atoms with E-state index >= 15 is 0 Å². The number of carbonyl (C=O) groups is 2. The number of anilines is 2. The minimum Gasteiger partial charge on any atom is -0.322 e. The fourth-order valence-corrected chi connectivity index (χ4v) is 5.87. The fraction of sp³-hybridized carbons (Fsp3) is 0.417. The Balaban J connectivity index is 1.44. The Morgan fingerprint density at radius 1 is 1.03 bits per heavy atom. The number of sulfonamides is 1. The largest absolute Gasteiger partial charge is 0.322 e. The first-order valence-electron chi connectivity index (χ1n) is 11.2. The van der Waals surface area contributed by atoms with Crippen LogP contribution in [0.5, 0.6) is 0 Å². The van der Waals surface area contributed by atoms with Crippen LogP contribution in [0.1, 0.15) is 55.3 Å². The molecule has 0 atom stereocenters. The molecule has 2 aromatic rings. The first-order valence-corrected chi connectivity index (χ1v) is 12.6. The summed E-state index contributed by atoms with van der Waals surface area (Å²) in [4.78, 5) is 26.6. The van der Waals surface area contributed by atoms with Gasteiger partial charge in [-0.15, -0.1) is 0 Å². The van der Waals surface area contributed by atoms with E-state index in [0.29, 0.717) is 29.9 Å². The van der Waals surface area contributed by atoms with Crippen LogP contribution >= 0.6 is 0 Å². The number of hydrogen-bond donors (Lipinski definition) is 1. The van der Waals surface area contributed by atoms with Gasteiger partial charge < -0.3 is 10.2 Å². The zero-order valence-corrected chi connectivity index (χ0v) is 19.1. The maximum Gasteiger partial charge on any atom is 0.255 e. The van der Waals surface area contributed by atoms with Gasteiger partial charge >= 0.3 is 0 Å². The molecular weight excluding hydrogens is 426 g/mol. The number of rotatable bonds is 6. The van der Waals surface area contributed by atoms with E-state index in [1.807, 2.05) is 6.07 Å². The quantitative estimate of drug-likeness (QED) is 0.713. The highest BCUT2D eigenvalue weighted by Gasteiger charge is 2.29. The molecule has 1 aliphatic carbocycles. The number of amides is 2. The van der Waals surface area contributed by atoms with Gasteiger partial charge in [0.2, 0.25) is 15.9 Å². The number of carbonyl (C=O) groups excluding carboxylic acids is 2. The third-order valence-corrected chi connectivity index (χ3v) is 8.30. The summed E-state index contributed by atoms with van der Waals surface area (Å²) >= 11 is 0. The Morgan fingerprint density at radius 3 is 2.41 bits per heavy atom. The van der Waals surface area contributed by atoms with Gasteiger partial charge in [-0.1, -0.05) is 25.3 Å². The van der Waals surface area contributed by atoms with Crippen LogP contribution in [0.2, 0.25) is 0 Å². The van der Waals surface area contributed by atoms with Crippen molar-refractivity contribution in [2.24, 2.45) is 0 Å². The molecule has 4 rings (SSSR count). The lowest BCUT2D eigenvalue weighted by Crippen LogP contribution is -2.38. The number of nitrogens with zero attached hydrogens (tertiary/aromatic N) is 2. The van der Waals surface area contributed by atoms with Crippen molar-refractivity contribution in [3.05, 3.63) is 54.1 Å². The second-order valence-corrected chi connectivity index (χ2v) is 10.5. The minimum atomic E-state index is -3.57. The third kappa shape index (κ3) is 4.71. The van der Waals surface area contributed by atoms with Gasteiger partial charge in [-0.3, -0.25) is 9.59 Å². The first kappa shape index (κ1) is 22.5. The number of nitrogens with one attached hydrogen (secondary N) is 1. The van der Waals surface area contributed by atoms with Crippen LogP contribution in [0.4, 0.5) is 11.4 Å². The Hall–Kier alpha value is -2.71. The van der Waals surface area contributed by atoms with Crippen LogP contribution in [0, 0.1) is 0 Å². The number of hydrogen-bond acceptors (Lipinski definition) is 4. The highest BCUT2D eigenvalue weighted by molar-refractivity contribution is 7.89. The topological polar surface area (TPSA) is 86.8 Å². The Kier molecular flexibility index (Phi) is 6.62. The summed E-state index contributed by atoms with van der Waals surface area (Å²) in [5.74, 6) is -0.244.